The lowest BCUT2D eigenvalue weighted by atomic mass is 9.78. The van der Waals surface area contributed by atoms with E-state index in [9.17, 15) is 13.9 Å². The van der Waals surface area contributed by atoms with Crippen LogP contribution in [0.3, 0.4) is 0 Å². The maximum atomic E-state index is 14.8. The molecule has 2 aromatic carbocycles. The van der Waals surface area contributed by atoms with Crippen LogP contribution < -0.4 is 4.90 Å². The van der Waals surface area contributed by atoms with Crippen molar-refractivity contribution in [2.45, 2.75) is 47.7 Å². The largest absolute Gasteiger partial charge is 0.597 e. The van der Waals surface area contributed by atoms with Crippen molar-refractivity contribution in [1.82, 2.24) is 32.8 Å². The van der Waals surface area contributed by atoms with E-state index in [4.69, 9.17) is 4.98 Å². The zero-order valence-corrected chi connectivity index (χ0v) is 29.4. The molecule has 3 aliphatic rings. The molecule has 6 heterocycles. The number of likely N-dealkylation sites (N-methyl/N-ethyl adjacent to an activating group) is 1. The lowest BCUT2D eigenvalue weighted by Crippen LogP contribution is -2.44. The number of carbonyl (C=O) groups is 1. The van der Waals surface area contributed by atoms with Crippen LogP contribution in [0.25, 0.3) is 44.3 Å². The molecule has 0 bridgehead atoms. The number of amides is 1. The Morgan fingerprint density at radius 1 is 0.939 bits per heavy atom. The molecule has 13 heteroatoms. The molecule has 6 aromatic rings. The summed E-state index contributed by atoms with van der Waals surface area (Å²) in [5.41, 5.74) is 5.36. The van der Waals surface area contributed by atoms with E-state index >= 15 is 0 Å². The normalized spacial score (nSPS) is 21.3. The van der Waals surface area contributed by atoms with E-state index < -0.39 is 28.1 Å². The van der Waals surface area contributed by atoms with E-state index in [1.54, 1.807) is 29.0 Å². The molecular weight excluding hydrogens is 657 g/mol. The van der Waals surface area contributed by atoms with Crippen LogP contribution in [0.5, 0.6) is 0 Å². The predicted octanol–water partition coefficient (Wildman–Crippen LogP) is 5.09. The van der Waals surface area contributed by atoms with Crippen molar-refractivity contribution in [2.24, 2.45) is 14.1 Å². The molecule has 4 aromatic heterocycles. The van der Waals surface area contributed by atoms with Gasteiger partial charge < -0.3 is 14.0 Å². The summed E-state index contributed by atoms with van der Waals surface area (Å²) in [6.07, 6.45) is 10.6. The summed E-state index contributed by atoms with van der Waals surface area (Å²) in [7, 11) is 5.58. The second-order valence-corrected chi connectivity index (χ2v) is 16.8. The summed E-state index contributed by atoms with van der Waals surface area (Å²) in [5.74, 6) is -0.0221. The Labute approximate surface area is 290 Å². The maximum absolute atomic E-state index is 14.8. The van der Waals surface area contributed by atoms with Crippen molar-refractivity contribution in [3.63, 3.8) is 0 Å². The quantitative estimate of drug-likeness (QED) is 0.214. The maximum Gasteiger partial charge on any atom is 0.239 e. The number of benzene rings is 2. The van der Waals surface area contributed by atoms with Crippen molar-refractivity contribution >= 4 is 56.3 Å². The van der Waals surface area contributed by atoms with Gasteiger partial charge in [0.15, 0.2) is 10.5 Å². The number of aromatic nitrogens is 6. The Bertz CT molecular complexity index is 2290. The second-order valence-electron chi connectivity index (χ2n) is 13.6. The first-order valence-corrected chi connectivity index (χ1v) is 18.8. The molecule has 49 heavy (non-hydrogen) atoms. The fraction of sp³-hybridized carbons (Fsp3) is 0.333. The minimum atomic E-state index is -1.70. The lowest BCUT2D eigenvalue weighted by molar-refractivity contribution is -0.122. The van der Waals surface area contributed by atoms with Gasteiger partial charge in [0.1, 0.15) is 21.8 Å². The number of hydrogen-bond acceptors (Lipinski definition) is 7. The van der Waals surface area contributed by atoms with Crippen LogP contribution in [-0.4, -0.2) is 72.7 Å². The van der Waals surface area contributed by atoms with E-state index in [1.807, 2.05) is 75.8 Å². The summed E-state index contributed by atoms with van der Waals surface area (Å²) in [6, 6.07) is 15.6. The summed E-state index contributed by atoms with van der Waals surface area (Å²) in [5, 5.41) is 10.8. The van der Waals surface area contributed by atoms with Crippen molar-refractivity contribution in [1.29, 1.82) is 0 Å². The Hall–Kier alpha value is -4.14. The molecule has 0 radical (unpaired) electrons. The molecule has 3 atom stereocenters. The smallest absolute Gasteiger partial charge is 0.239 e. The van der Waals surface area contributed by atoms with Gasteiger partial charge in [0.05, 0.1) is 41.8 Å². The van der Waals surface area contributed by atoms with Gasteiger partial charge in [-0.05, 0) is 42.7 Å². The third kappa shape index (κ3) is 4.35. The van der Waals surface area contributed by atoms with E-state index in [1.165, 1.54) is 0 Å². The molecule has 250 valence electrons. The highest BCUT2D eigenvalue weighted by atomic mass is 32.2. The first-order valence-electron chi connectivity index (χ1n) is 16.6. The molecule has 1 saturated carbocycles. The van der Waals surface area contributed by atoms with Crippen LogP contribution in [0.1, 0.15) is 38.2 Å². The fourth-order valence-electron chi connectivity index (χ4n) is 8.05. The van der Waals surface area contributed by atoms with Crippen molar-refractivity contribution in [3.05, 3.63) is 78.9 Å². The van der Waals surface area contributed by atoms with Crippen molar-refractivity contribution < 1.29 is 13.9 Å². The standard InChI is InChI=1S/C36H36N8O3S2/c1-5-35(13-14-35)49(47)43-16-15-36(22-43)31-28(41(3)34(36)45)20-37-33-30(31)29(23-11-12-27-24(17-23)18-39-42(27)4)32(25-19-38-40(2)21-25)44(33)48(46)26-9-7-6-8-10-26/h6-12,17-21H,5,13-16,22H2,1-4H3. The summed E-state index contributed by atoms with van der Waals surface area (Å²) in [4.78, 5) is 21.9. The number of aryl methyl sites for hydroxylation is 2. The number of pyridine rings is 1. The van der Waals surface area contributed by atoms with Gasteiger partial charge in [-0.3, -0.25) is 14.2 Å². The van der Waals surface area contributed by atoms with Crippen LogP contribution in [0, 0.1) is 0 Å². The van der Waals surface area contributed by atoms with Crippen LogP contribution >= 0.6 is 0 Å². The zero-order chi connectivity index (χ0) is 33.8. The van der Waals surface area contributed by atoms with Crippen LogP contribution in [0.4, 0.5) is 5.69 Å². The highest BCUT2D eigenvalue weighted by Gasteiger charge is 2.62. The van der Waals surface area contributed by atoms with Gasteiger partial charge in [-0.15, -0.1) is 8.28 Å². The molecule has 2 fully saturated rings. The molecule has 1 amide bonds. The number of hydrogen-bond donors (Lipinski definition) is 0. The molecule has 0 N–H and O–H groups in total. The Kier molecular flexibility index (Phi) is 6.89. The topological polar surface area (TPSA) is 123 Å². The van der Waals surface area contributed by atoms with E-state index in [-0.39, 0.29) is 10.7 Å². The molecule has 2 aliphatic heterocycles. The predicted molar refractivity (Wildman–Crippen MR) is 192 cm³/mol. The highest BCUT2D eigenvalue weighted by Crippen LogP contribution is 2.56. The lowest BCUT2D eigenvalue weighted by Gasteiger charge is -2.28. The Morgan fingerprint density at radius 2 is 1.73 bits per heavy atom. The van der Waals surface area contributed by atoms with Crippen LogP contribution in [0.2, 0.25) is 0 Å². The minimum Gasteiger partial charge on any atom is -0.597 e. The molecule has 9 rings (SSSR count). The van der Waals surface area contributed by atoms with Gasteiger partial charge in [-0.25, -0.2) is 4.98 Å². The number of rotatable bonds is 7. The zero-order valence-electron chi connectivity index (χ0n) is 27.8. The molecule has 3 unspecified atom stereocenters. The van der Waals surface area contributed by atoms with Crippen molar-refractivity contribution in [3.8, 4) is 22.4 Å². The van der Waals surface area contributed by atoms with Gasteiger partial charge in [0, 0.05) is 85.6 Å². The summed E-state index contributed by atoms with van der Waals surface area (Å²) < 4.78 is 36.1. The Morgan fingerprint density at radius 3 is 2.45 bits per heavy atom. The third-order valence-electron chi connectivity index (χ3n) is 10.9. The molecule has 1 aliphatic carbocycles. The monoisotopic (exact) mass is 692 g/mol. The fourth-order valence-corrected chi connectivity index (χ4v) is 11.2. The van der Waals surface area contributed by atoms with Gasteiger partial charge in [-0.2, -0.15) is 10.2 Å². The summed E-state index contributed by atoms with van der Waals surface area (Å²) >= 11 is -2.90. The first kappa shape index (κ1) is 30.9. The minimum absolute atomic E-state index is 0.0221. The first-order chi connectivity index (χ1) is 23.7. The molecule has 1 spiro atoms. The number of carbonyl (C=O) groups excluding carboxylic acids is 1. The van der Waals surface area contributed by atoms with Crippen molar-refractivity contribution in [2.75, 3.05) is 25.0 Å². The van der Waals surface area contributed by atoms with Gasteiger partial charge >= 0.3 is 0 Å². The Balaban J connectivity index is 1.37. The van der Waals surface area contributed by atoms with Gasteiger partial charge in [0.2, 0.25) is 5.91 Å². The number of nitrogens with zero attached hydrogens (tertiary/aromatic N) is 8. The second kappa shape index (κ2) is 10.9. The number of anilines is 1. The van der Waals surface area contributed by atoms with Crippen LogP contribution in [0.15, 0.2) is 78.2 Å². The SMILES string of the molecule is CCC1([S+]([O-])N2CCC3(C2)C(=O)N(C)c2cnc4c(c(-c5ccc6c(cnn6C)c5)c(-c5cnn(C)c5)n4[S+]([O-])c4ccccc4)c23)CC1. The van der Waals surface area contributed by atoms with Gasteiger partial charge in [0.25, 0.3) is 0 Å². The summed E-state index contributed by atoms with van der Waals surface area (Å²) in [6.45, 7) is 3.02. The van der Waals surface area contributed by atoms with E-state index in [0.717, 1.165) is 63.5 Å². The average Bonchev–Trinajstić information content (AvgIpc) is 3.46. The molecule has 1 saturated heterocycles. The average molecular weight is 693 g/mol. The van der Waals surface area contributed by atoms with Gasteiger partial charge in [-0.1, -0.05) is 31.2 Å². The highest BCUT2D eigenvalue weighted by molar-refractivity contribution is 7.91. The van der Waals surface area contributed by atoms with Crippen LogP contribution in [-0.2, 0) is 47.0 Å². The van der Waals surface area contributed by atoms with E-state index in [2.05, 4.69) is 29.3 Å². The molecular formula is C36H36N8O3S2. The third-order valence-corrected chi connectivity index (χ3v) is 14.5. The van der Waals surface area contributed by atoms with E-state index in [0.29, 0.717) is 35.7 Å². The number of fused-ring (bicyclic) bond motifs is 5. The molecule has 11 nitrogen and oxygen atoms in total.